The topological polar surface area (TPSA) is 49.3 Å². The van der Waals surface area contributed by atoms with E-state index in [4.69, 9.17) is 5.11 Å². The molecule has 3 nitrogen and oxygen atoms in total. The summed E-state index contributed by atoms with van der Waals surface area (Å²) in [5, 5.41) is 11.0. The van der Waals surface area contributed by atoms with Gasteiger partial charge in [-0.05, 0) is 19.1 Å². The molecular formula is C11H11F4NO2. The molecule has 1 rings (SSSR count). The Balaban J connectivity index is 3.01. The SMILES string of the molecule is C[C@@H](O)CNC(=O)c1cccc(C(F)(F)F)c1F. The molecule has 2 N–H and O–H groups in total. The first-order valence-corrected chi connectivity index (χ1v) is 5.05. The summed E-state index contributed by atoms with van der Waals surface area (Å²) < 4.78 is 50.7. The highest BCUT2D eigenvalue weighted by molar-refractivity contribution is 5.94. The van der Waals surface area contributed by atoms with E-state index < -0.39 is 35.1 Å². The Bertz CT molecular complexity index is 443. The molecule has 1 atom stereocenters. The van der Waals surface area contributed by atoms with E-state index in [0.29, 0.717) is 6.07 Å². The number of rotatable bonds is 3. The molecule has 0 aliphatic carbocycles. The van der Waals surface area contributed by atoms with Gasteiger partial charge in [-0.1, -0.05) is 6.07 Å². The second-order valence-corrected chi connectivity index (χ2v) is 3.72. The number of alkyl halides is 3. The number of hydrogen-bond donors (Lipinski definition) is 2. The summed E-state index contributed by atoms with van der Waals surface area (Å²) in [7, 11) is 0. The van der Waals surface area contributed by atoms with E-state index in [0.717, 1.165) is 12.1 Å². The fourth-order valence-corrected chi connectivity index (χ4v) is 1.26. The summed E-state index contributed by atoms with van der Waals surface area (Å²) in [4.78, 5) is 11.4. The molecule has 0 saturated heterocycles. The summed E-state index contributed by atoms with van der Waals surface area (Å²) in [6, 6.07) is 2.45. The van der Waals surface area contributed by atoms with Gasteiger partial charge in [0.15, 0.2) is 0 Å². The molecule has 0 saturated carbocycles. The summed E-state index contributed by atoms with van der Waals surface area (Å²) in [5.74, 6) is -2.62. The van der Waals surface area contributed by atoms with Crippen LogP contribution in [0, 0.1) is 5.82 Å². The van der Waals surface area contributed by atoms with Gasteiger partial charge >= 0.3 is 6.18 Å². The van der Waals surface area contributed by atoms with Crippen LogP contribution < -0.4 is 5.32 Å². The van der Waals surface area contributed by atoms with Crippen molar-refractivity contribution in [2.24, 2.45) is 0 Å². The molecule has 0 spiro atoms. The predicted molar refractivity (Wildman–Crippen MR) is 55.4 cm³/mol. The van der Waals surface area contributed by atoms with Crippen molar-refractivity contribution in [3.63, 3.8) is 0 Å². The van der Waals surface area contributed by atoms with Gasteiger partial charge in [0.1, 0.15) is 5.82 Å². The van der Waals surface area contributed by atoms with Gasteiger partial charge in [0.25, 0.3) is 5.91 Å². The van der Waals surface area contributed by atoms with Crippen molar-refractivity contribution >= 4 is 5.91 Å². The molecule has 0 aliphatic heterocycles. The van der Waals surface area contributed by atoms with Gasteiger partial charge in [0.2, 0.25) is 0 Å². The van der Waals surface area contributed by atoms with Crippen molar-refractivity contribution in [2.75, 3.05) is 6.54 Å². The molecule has 0 heterocycles. The van der Waals surface area contributed by atoms with Crippen molar-refractivity contribution in [1.29, 1.82) is 0 Å². The van der Waals surface area contributed by atoms with Crippen molar-refractivity contribution in [3.8, 4) is 0 Å². The molecule has 1 aromatic rings. The molecule has 0 fully saturated rings. The molecule has 1 aromatic carbocycles. The van der Waals surface area contributed by atoms with E-state index in [1.807, 2.05) is 0 Å². The Morgan fingerprint density at radius 3 is 2.56 bits per heavy atom. The lowest BCUT2D eigenvalue weighted by molar-refractivity contribution is -0.140. The largest absolute Gasteiger partial charge is 0.419 e. The van der Waals surface area contributed by atoms with Crippen molar-refractivity contribution in [3.05, 3.63) is 35.1 Å². The van der Waals surface area contributed by atoms with Crippen LogP contribution in [0.5, 0.6) is 0 Å². The number of hydrogen-bond acceptors (Lipinski definition) is 2. The Labute approximate surface area is 100 Å². The summed E-state index contributed by atoms with van der Waals surface area (Å²) >= 11 is 0. The normalized spacial score (nSPS) is 13.2. The number of carbonyl (C=O) groups is 1. The zero-order valence-electron chi connectivity index (χ0n) is 9.38. The summed E-state index contributed by atoms with van der Waals surface area (Å²) in [6.07, 6.45) is -5.73. The first kappa shape index (κ1) is 14.4. The van der Waals surface area contributed by atoms with Crippen LogP contribution in [-0.2, 0) is 6.18 Å². The average Bonchev–Trinajstić information content (AvgIpc) is 2.24. The lowest BCUT2D eigenvalue weighted by Gasteiger charge is -2.12. The zero-order valence-corrected chi connectivity index (χ0v) is 9.38. The molecule has 0 aliphatic rings. The minimum atomic E-state index is -4.86. The van der Waals surface area contributed by atoms with E-state index in [9.17, 15) is 22.4 Å². The van der Waals surface area contributed by atoms with E-state index in [1.165, 1.54) is 6.92 Å². The fourth-order valence-electron chi connectivity index (χ4n) is 1.26. The Hall–Kier alpha value is -1.63. The summed E-state index contributed by atoms with van der Waals surface area (Å²) in [5.41, 5.74) is -2.20. The molecular weight excluding hydrogens is 254 g/mol. The molecule has 7 heteroatoms. The molecule has 0 aromatic heterocycles. The van der Waals surface area contributed by atoms with Crippen LogP contribution in [0.3, 0.4) is 0 Å². The van der Waals surface area contributed by atoms with Crippen LogP contribution in [0.25, 0.3) is 0 Å². The third-order valence-electron chi connectivity index (χ3n) is 2.11. The number of carbonyl (C=O) groups excluding carboxylic acids is 1. The van der Waals surface area contributed by atoms with Crippen LogP contribution >= 0.6 is 0 Å². The minimum Gasteiger partial charge on any atom is -0.392 e. The van der Waals surface area contributed by atoms with Crippen LogP contribution in [0.4, 0.5) is 17.6 Å². The summed E-state index contributed by atoms with van der Waals surface area (Å²) in [6.45, 7) is 1.21. The van der Waals surface area contributed by atoms with Crippen LogP contribution in [0.15, 0.2) is 18.2 Å². The Kier molecular flexibility index (Phi) is 4.28. The second kappa shape index (κ2) is 5.34. The molecule has 0 bridgehead atoms. The molecule has 18 heavy (non-hydrogen) atoms. The van der Waals surface area contributed by atoms with Crippen molar-refractivity contribution in [1.82, 2.24) is 5.32 Å². The van der Waals surface area contributed by atoms with Gasteiger partial charge in [0, 0.05) is 6.54 Å². The van der Waals surface area contributed by atoms with Gasteiger partial charge in [-0.15, -0.1) is 0 Å². The standard InChI is InChI=1S/C11H11F4NO2/c1-6(17)5-16-10(18)7-3-2-4-8(9(7)12)11(13,14)15/h2-4,6,17H,5H2,1H3,(H,16,18)/t6-/m1/s1. The third-order valence-corrected chi connectivity index (χ3v) is 2.11. The van der Waals surface area contributed by atoms with Crippen molar-refractivity contribution in [2.45, 2.75) is 19.2 Å². The first-order valence-electron chi connectivity index (χ1n) is 5.05. The Morgan fingerprint density at radius 2 is 2.06 bits per heavy atom. The van der Waals surface area contributed by atoms with Gasteiger partial charge in [-0.2, -0.15) is 13.2 Å². The molecule has 0 radical (unpaired) electrons. The third kappa shape index (κ3) is 3.43. The minimum absolute atomic E-state index is 0.172. The van der Waals surface area contributed by atoms with Gasteiger partial charge in [0.05, 0.1) is 17.2 Å². The van der Waals surface area contributed by atoms with Crippen LogP contribution in [0.2, 0.25) is 0 Å². The van der Waals surface area contributed by atoms with Crippen LogP contribution in [-0.4, -0.2) is 23.7 Å². The second-order valence-electron chi connectivity index (χ2n) is 3.72. The molecule has 1 amide bonds. The lowest BCUT2D eigenvalue weighted by atomic mass is 10.1. The number of amides is 1. The van der Waals surface area contributed by atoms with Gasteiger partial charge < -0.3 is 10.4 Å². The number of aliphatic hydroxyl groups is 1. The van der Waals surface area contributed by atoms with E-state index in [2.05, 4.69) is 5.32 Å². The highest BCUT2D eigenvalue weighted by atomic mass is 19.4. The molecule has 0 unspecified atom stereocenters. The quantitative estimate of drug-likeness (QED) is 0.821. The number of nitrogens with one attached hydrogen (secondary N) is 1. The number of halogens is 4. The first-order chi connectivity index (χ1) is 8.23. The van der Waals surface area contributed by atoms with Gasteiger partial charge in [-0.3, -0.25) is 4.79 Å². The van der Waals surface area contributed by atoms with Crippen LogP contribution in [0.1, 0.15) is 22.8 Å². The average molecular weight is 265 g/mol. The van der Waals surface area contributed by atoms with E-state index in [1.54, 1.807) is 0 Å². The zero-order chi connectivity index (χ0) is 13.9. The molecule has 100 valence electrons. The smallest absolute Gasteiger partial charge is 0.392 e. The number of benzene rings is 1. The van der Waals surface area contributed by atoms with Gasteiger partial charge in [-0.25, -0.2) is 4.39 Å². The predicted octanol–water partition coefficient (Wildman–Crippen LogP) is 1.96. The van der Waals surface area contributed by atoms with E-state index in [-0.39, 0.29) is 6.54 Å². The maximum atomic E-state index is 13.5. The van der Waals surface area contributed by atoms with E-state index >= 15 is 0 Å². The number of aliphatic hydroxyl groups excluding tert-OH is 1. The van der Waals surface area contributed by atoms with Crippen molar-refractivity contribution < 1.29 is 27.5 Å². The monoisotopic (exact) mass is 265 g/mol. The highest BCUT2D eigenvalue weighted by Gasteiger charge is 2.35. The maximum absolute atomic E-state index is 13.5. The maximum Gasteiger partial charge on any atom is 0.419 e. The highest BCUT2D eigenvalue weighted by Crippen LogP contribution is 2.32. The Morgan fingerprint density at radius 1 is 1.44 bits per heavy atom. The lowest BCUT2D eigenvalue weighted by Crippen LogP contribution is -2.31. The fraction of sp³-hybridized carbons (Fsp3) is 0.364.